The van der Waals surface area contributed by atoms with Crippen molar-refractivity contribution >= 4 is 34.1 Å². The van der Waals surface area contributed by atoms with Gasteiger partial charge in [-0.3, -0.25) is 4.90 Å². The van der Waals surface area contributed by atoms with E-state index in [0.29, 0.717) is 0 Å². The Morgan fingerprint density at radius 3 is 2.46 bits per heavy atom. The molecule has 0 saturated carbocycles. The Balaban J connectivity index is 1.14. The van der Waals surface area contributed by atoms with E-state index in [1.54, 1.807) is 12.1 Å². The molecule has 0 amide bonds. The van der Waals surface area contributed by atoms with E-state index in [1.807, 2.05) is 18.0 Å². The van der Waals surface area contributed by atoms with Crippen LogP contribution < -0.4 is 9.21 Å². The van der Waals surface area contributed by atoms with Crippen molar-refractivity contribution in [3.05, 3.63) is 66.5 Å². The summed E-state index contributed by atoms with van der Waals surface area (Å²) in [5.74, 6) is -0.154. The van der Waals surface area contributed by atoms with Gasteiger partial charge in [0.05, 0.1) is 5.69 Å². The van der Waals surface area contributed by atoms with Gasteiger partial charge in [0.1, 0.15) is 5.82 Å². The van der Waals surface area contributed by atoms with Crippen LogP contribution in [0.2, 0.25) is 0 Å². The van der Waals surface area contributed by atoms with Gasteiger partial charge in [0.25, 0.3) is 0 Å². The quantitative estimate of drug-likeness (QED) is 0.563. The van der Waals surface area contributed by atoms with E-state index < -0.39 is 0 Å². The van der Waals surface area contributed by atoms with Crippen molar-refractivity contribution in [1.29, 1.82) is 0 Å². The van der Waals surface area contributed by atoms with Crippen LogP contribution in [0.25, 0.3) is 10.8 Å². The summed E-state index contributed by atoms with van der Waals surface area (Å²) < 4.78 is 15.9. The summed E-state index contributed by atoms with van der Waals surface area (Å²) in [6.45, 7) is 6.18. The topological polar surface area (TPSA) is 9.72 Å². The minimum atomic E-state index is -0.154. The summed E-state index contributed by atoms with van der Waals surface area (Å²) in [7, 11) is 0. The molecule has 3 aromatic rings. The summed E-state index contributed by atoms with van der Waals surface area (Å²) in [4.78, 5) is 6.19. The first-order chi connectivity index (χ1) is 13.8. The van der Waals surface area contributed by atoms with Crippen molar-refractivity contribution in [3.8, 4) is 0 Å². The molecule has 3 nitrogen and oxygen atoms in total. The van der Waals surface area contributed by atoms with Crippen molar-refractivity contribution in [1.82, 2.24) is 4.90 Å². The van der Waals surface area contributed by atoms with Crippen LogP contribution >= 0.6 is 11.9 Å². The van der Waals surface area contributed by atoms with Crippen LogP contribution in [0.5, 0.6) is 0 Å². The van der Waals surface area contributed by atoms with Crippen molar-refractivity contribution < 1.29 is 4.39 Å². The fourth-order valence-corrected chi connectivity index (χ4v) is 5.41. The summed E-state index contributed by atoms with van der Waals surface area (Å²) in [5, 5.41) is 2.73. The molecule has 5 rings (SSSR count). The highest BCUT2D eigenvalue weighted by atomic mass is 32.2. The lowest BCUT2D eigenvalue weighted by Gasteiger charge is -2.36. The molecule has 3 aromatic carbocycles. The first kappa shape index (κ1) is 17.8. The minimum absolute atomic E-state index is 0.154. The van der Waals surface area contributed by atoms with Gasteiger partial charge in [-0.25, -0.2) is 4.39 Å². The Morgan fingerprint density at radius 2 is 1.64 bits per heavy atom. The van der Waals surface area contributed by atoms with Crippen LogP contribution in [0.15, 0.2) is 65.6 Å². The highest BCUT2D eigenvalue weighted by molar-refractivity contribution is 8.01. The first-order valence-corrected chi connectivity index (χ1v) is 10.8. The SMILES string of the molecule is Fc1cccc(N2CCN(CCCN3Sc4cccc5cccc3c45)CC2)c1. The lowest BCUT2D eigenvalue weighted by Crippen LogP contribution is -2.47. The second-order valence-electron chi connectivity index (χ2n) is 7.49. The van der Waals surface area contributed by atoms with Gasteiger partial charge in [0, 0.05) is 48.7 Å². The van der Waals surface area contributed by atoms with Gasteiger partial charge in [-0.15, -0.1) is 0 Å². The van der Waals surface area contributed by atoms with Crippen LogP contribution in [-0.4, -0.2) is 44.2 Å². The molecule has 0 unspecified atom stereocenters. The molecular weight excluding hydrogens is 369 g/mol. The minimum Gasteiger partial charge on any atom is -0.369 e. The van der Waals surface area contributed by atoms with Gasteiger partial charge in [0.15, 0.2) is 0 Å². The van der Waals surface area contributed by atoms with Crippen LogP contribution in [0.1, 0.15) is 6.42 Å². The van der Waals surface area contributed by atoms with Gasteiger partial charge in [-0.05, 0) is 60.6 Å². The maximum Gasteiger partial charge on any atom is 0.125 e. The highest BCUT2D eigenvalue weighted by Gasteiger charge is 2.22. The molecule has 28 heavy (non-hydrogen) atoms. The number of rotatable bonds is 5. The standard InChI is InChI=1S/C23H24FN3S/c24-19-7-3-8-20(17-19)26-15-13-25(14-16-26)11-4-12-27-21-9-1-5-18-6-2-10-22(28-27)23(18)21/h1-3,5-10,17H,4,11-16H2. The summed E-state index contributed by atoms with van der Waals surface area (Å²) in [6.07, 6.45) is 1.15. The Morgan fingerprint density at radius 1 is 0.857 bits per heavy atom. The zero-order chi connectivity index (χ0) is 18.9. The summed E-state index contributed by atoms with van der Waals surface area (Å²) >= 11 is 1.87. The van der Waals surface area contributed by atoms with Crippen LogP contribution in [-0.2, 0) is 0 Å². The van der Waals surface area contributed by atoms with E-state index in [0.717, 1.165) is 51.4 Å². The van der Waals surface area contributed by atoms with E-state index >= 15 is 0 Å². The molecule has 1 fully saturated rings. The average molecular weight is 394 g/mol. The average Bonchev–Trinajstić information content (AvgIpc) is 3.08. The Kier molecular flexibility index (Phi) is 4.87. The second-order valence-corrected chi connectivity index (χ2v) is 8.55. The Bertz CT molecular complexity index is 979. The molecule has 1 saturated heterocycles. The summed E-state index contributed by atoms with van der Waals surface area (Å²) in [5.41, 5.74) is 2.35. The highest BCUT2D eigenvalue weighted by Crippen LogP contribution is 2.45. The third kappa shape index (κ3) is 3.45. The number of hydrogen-bond donors (Lipinski definition) is 0. The number of anilines is 2. The van der Waals surface area contributed by atoms with Crippen LogP contribution in [0.3, 0.4) is 0 Å². The Labute approximate surface area is 169 Å². The monoisotopic (exact) mass is 393 g/mol. The fraction of sp³-hybridized carbons (Fsp3) is 0.304. The van der Waals surface area contributed by atoms with E-state index in [2.05, 4.69) is 50.5 Å². The number of nitrogens with zero attached hydrogens (tertiary/aromatic N) is 3. The molecule has 0 aliphatic carbocycles. The van der Waals surface area contributed by atoms with Crippen molar-refractivity contribution in [2.75, 3.05) is 48.5 Å². The maximum atomic E-state index is 13.4. The van der Waals surface area contributed by atoms with Gasteiger partial charge >= 0.3 is 0 Å². The zero-order valence-corrected chi connectivity index (χ0v) is 16.7. The van der Waals surface area contributed by atoms with Crippen LogP contribution in [0.4, 0.5) is 15.8 Å². The predicted octanol–water partition coefficient (Wildman–Crippen LogP) is 5.02. The fourth-order valence-electron chi connectivity index (χ4n) is 4.25. The van der Waals surface area contributed by atoms with Gasteiger partial charge in [-0.1, -0.05) is 30.3 Å². The van der Waals surface area contributed by atoms with Gasteiger partial charge < -0.3 is 9.21 Å². The third-order valence-corrected chi connectivity index (χ3v) is 6.84. The van der Waals surface area contributed by atoms with Crippen molar-refractivity contribution in [2.24, 2.45) is 0 Å². The molecule has 5 heteroatoms. The van der Waals surface area contributed by atoms with E-state index in [4.69, 9.17) is 0 Å². The van der Waals surface area contributed by atoms with E-state index in [1.165, 1.54) is 27.4 Å². The predicted molar refractivity (Wildman–Crippen MR) is 117 cm³/mol. The lowest BCUT2D eigenvalue weighted by atomic mass is 10.1. The number of hydrogen-bond acceptors (Lipinski definition) is 4. The number of piperazine rings is 1. The maximum absolute atomic E-state index is 13.4. The molecule has 0 spiro atoms. The molecule has 0 N–H and O–H groups in total. The zero-order valence-electron chi connectivity index (χ0n) is 15.9. The smallest absolute Gasteiger partial charge is 0.125 e. The van der Waals surface area contributed by atoms with Crippen LogP contribution in [0, 0.1) is 5.82 Å². The van der Waals surface area contributed by atoms with Gasteiger partial charge in [-0.2, -0.15) is 0 Å². The molecule has 2 aliphatic heterocycles. The molecule has 0 bridgehead atoms. The lowest BCUT2D eigenvalue weighted by molar-refractivity contribution is 0.256. The molecule has 0 atom stereocenters. The molecular formula is C23H24FN3S. The normalized spacial score (nSPS) is 16.9. The molecule has 2 aliphatic rings. The van der Waals surface area contributed by atoms with Gasteiger partial charge in [0.2, 0.25) is 0 Å². The first-order valence-electron chi connectivity index (χ1n) is 9.98. The van der Waals surface area contributed by atoms with Crippen molar-refractivity contribution in [2.45, 2.75) is 11.3 Å². The largest absolute Gasteiger partial charge is 0.369 e. The third-order valence-electron chi connectivity index (χ3n) is 5.70. The second kappa shape index (κ2) is 7.64. The number of benzene rings is 3. The molecule has 0 radical (unpaired) electrons. The molecule has 144 valence electrons. The Hall–Kier alpha value is -2.24. The number of halogens is 1. The van der Waals surface area contributed by atoms with E-state index in [-0.39, 0.29) is 5.82 Å². The summed E-state index contributed by atoms with van der Waals surface area (Å²) in [6, 6.07) is 20.1. The molecule has 0 aromatic heterocycles. The van der Waals surface area contributed by atoms with E-state index in [9.17, 15) is 4.39 Å². The molecule has 2 heterocycles. The van der Waals surface area contributed by atoms with Crippen molar-refractivity contribution in [3.63, 3.8) is 0 Å².